The van der Waals surface area contributed by atoms with Crippen molar-refractivity contribution in [2.75, 3.05) is 0 Å². The molecule has 13 heavy (non-hydrogen) atoms. The molecule has 1 rings (SSSR count). The minimum absolute atomic E-state index is 0.371. The van der Waals surface area contributed by atoms with Crippen LogP contribution in [0.2, 0.25) is 0 Å². The molecule has 1 aromatic heterocycles. The summed E-state index contributed by atoms with van der Waals surface area (Å²) >= 11 is 0. The molecular formula is C9H12N2O2. The minimum Gasteiger partial charge on any atom is -0.384 e. The zero-order valence-corrected chi connectivity index (χ0v) is 7.40. The number of pyridine rings is 1. The van der Waals surface area contributed by atoms with E-state index in [1.165, 1.54) is 6.92 Å². The molecule has 0 aliphatic carbocycles. The predicted molar refractivity (Wildman–Crippen MR) is 47.8 cm³/mol. The van der Waals surface area contributed by atoms with Crippen LogP contribution < -0.4 is 5.32 Å². The van der Waals surface area contributed by atoms with Crippen LogP contribution in [-0.4, -0.2) is 22.1 Å². The van der Waals surface area contributed by atoms with Gasteiger partial charge in [0.15, 0.2) is 0 Å². The molecule has 1 heterocycles. The highest BCUT2D eigenvalue weighted by Crippen LogP contribution is 1.94. The van der Waals surface area contributed by atoms with Crippen molar-refractivity contribution in [3.8, 4) is 0 Å². The third kappa shape index (κ3) is 3.21. The second-order valence-corrected chi connectivity index (χ2v) is 2.76. The Labute approximate surface area is 76.6 Å². The fourth-order valence-corrected chi connectivity index (χ4v) is 0.840. The quantitative estimate of drug-likeness (QED) is 0.692. The Hall–Kier alpha value is -1.42. The Morgan fingerprint density at radius 2 is 2.54 bits per heavy atom. The van der Waals surface area contributed by atoms with Crippen molar-refractivity contribution in [2.24, 2.45) is 0 Å². The van der Waals surface area contributed by atoms with Crippen LogP contribution in [0.4, 0.5) is 0 Å². The zero-order chi connectivity index (χ0) is 9.68. The second kappa shape index (κ2) is 4.57. The standard InChI is InChI=1S/C9H12N2O2/c1-7(12)9(13)11-6-8-3-2-4-10-5-8/h2-5,7,12H,6H2,1H3,(H,11,13)/t7-/m0/s1. The summed E-state index contributed by atoms with van der Waals surface area (Å²) in [5.41, 5.74) is 0.913. The molecule has 4 nitrogen and oxygen atoms in total. The predicted octanol–water partition coefficient (Wildman–Crippen LogP) is 0.0786. The van der Waals surface area contributed by atoms with E-state index in [4.69, 9.17) is 5.11 Å². The molecule has 0 saturated carbocycles. The van der Waals surface area contributed by atoms with E-state index in [1.54, 1.807) is 18.5 Å². The second-order valence-electron chi connectivity index (χ2n) is 2.76. The maximum Gasteiger partial charge on any atom is 0.248 e. The molecule has 0 saturated heterocycles. The molecule has 0 fully saturated rings. The first-order chi connectivity index (χ1) is 6.20. The Morgan fingerprint density at radius 1 is 1.77 bits per heavy atom. The van der Waals surface area contributed by atoms with Gasteiger partial charge in [-0.05, 0) is 18.6 Å². The van der Waals surface area contributed by atoms with Crippen LogP contribution in [0.15, 0.2) is 24.5 Å². The van der Waals surface area contributed by atoms with Gasteiger partial charge in [-0.1, -0.05) is 6.07 Å². The highest BCUT2D eigenvalue weighted by Gasteiger charge is 2.06. The van der Waals surface area contributed by atoms with Gasteiger partial charge in [0.25, 0.3) is 0 Å². The summed E-state index contributed by atoms with van der Waals surface area (Å²) in [4.78, 5) is 14.8. The van der Waals surface area contributed by atoms with Gasteiger partial charge in [-0.3, -0.25) is 9.78 Å². The third-order valence-electron chi connectivity index (χ3n) is 1.57. The summed E-state index contributed by atoms with van der Waals surface area (Å²) in [6, 6.07) is 3.65. The molecule has 2 N–H and O–H groups in total. The van der Waals surface area contributed by atoms with Crippen molar-refractivity contribution in [1.82, 2.24) is 10.3 Å². The van der Waals surface area contributed by atoms with Gasteiger partial charge in [-0.2, -0.15) is 0 Å². The van der Waals surface area contributed by atoms with Gasteiger partial charge in [0, 0.05) is 18.9 Å². The van der Waals surface area contributed by atoms with Crippen LogP contribution in [-0.2, 0) is 11.3 Å². The summed E-state index contributed by atoms with van der Waals surface area (Å²) in [7, 11) is 0. The first-order valence-electron chi connectivity index (χ1n) is 4.05. The van der Waals surface area contributed by atoms with Crippen molar-refractivity contribution in [3.63, 3.8) is 0 Å². The van der Waals surface area contributed by atoms with E-state index in [-0.39, 0.29) is 5.91 Å². The van der Waals surface area contributed by atoms with Gasteiger partial charge in [-0.25, -0.2) is 0 Å². The fourth-order valence-electron chi connectivity index (χ4n) is 0.840. The summed E-state index contributed by atoms with van der Waals surface area (Å²) in [5, 5.41) is 11.4. The average Bonchev–Trinajstić information content (AvgIpc) is 2.15. The third-order valence-corrected chi connectivity index (χ3v) is 1.57. The maximum atomic E-state index is 10.9. The number of aromatic nitrogens is 1. The number of nitrogens with zero attached hydrogens (tertiary/aromatic N) is 1. The summed E-state index contributed by atoms with van der Waals surface area (Å²) in [6.07, 6.45) is 2.37. The average molecular weight is 180 g/mol. The molecular weight excluding hydrogens is 168 g/mol. The first-order valence-corrected chi connectivity index (χ1v) is 4.05. The molecule has 70 valence electrons. The normalized spacial score (nSPS) is 12.2. The lowest BCUT2D eigenvalue weighted by Crippen LogP contribution is -2.31. The molecule has 0 radical (unpaired) electrons. The van der Waals surface area contributed by atoms with Crippen LogP contribution in [0, 0.1) is 0 Å². The summed E-state index contributed by atoms with van der Waals surface area (Å²) in [6.45, 7) is 1.83. The maximum absolute atomic E-state index is 10.9. The fraction of sp³-hybridized carbons (Fsp3) is 0.333. The van der Waals surface area contributed by atoms with E-state index in [1.807, 2.05) is 6.07 Å². The van der Waals surface area contributed by atoms with Crippen LogP contribution >= 0.6 is 0 Å². The van der Waals surface area contributed by atoms with Crippen LogP contribution in [0.25, 0.3) is 0 Å². The Kier molecular flexibility index (Phi) is 3.40. The van der Waals surface area contributed by atoms with E-state index in [0.29, 0.717) is 6.54 Å². The lowest BCUT2D eigenvalue weighted by atomic mass is 10.3. The van der Waals surface area contributed by atoms with Gasteiger partial charge in [-0.15, -0.1) is 0 Å². The number of hydrogen-bond donors (Lipinski definition) is 2. The summed E-state index contributed by atoms with van der Waals surface area (Å²) < 4.78 is 0. The molecule has 1 aromatic rings. The number of nitrogens with one attached hydrogen (secondary N) is 1. The molecule has 0 aliphatic heterocycles. The van der Waals surface area contributed by atoms with Gasteiger partial charge < -0.3 is 10.4 Å². The van der Waals surface area contributed by atoms with Crippen LogP contribution in [0.5, 0.6) is 0 Å². The van der Waals surface area contributed by atoms with E-state index in [2.05, 4.69) is 10.3 Å². The monoisotopic (exact) mass is 180 g/mol. The van der Waals surface area contributed by atoms with Crippen LogP contribution in [0.3, 0.4) is 0 Å². The van der Waals surface area contributed by atoms with Gasteiger partial charge in [0.2, 0.25) is 5.91 Å². The Morgan fingerprint density at radius 3 is 3.08 bits per heavy atom. The molecule has 0 aromatic carbocycles. The molecule has 0 aliphatic rings. The lowest BCUT2D eigenvalue weighted by Gasteiger charge is -2.05. The van der Waals surface area contributed by atoms with Crippen molar-refractivity contribution in [1.29, 1.82) is 0 Å². The van der Waals surface area contributed by atoms with Gasteiger partial charge >= 0.3 is 0 Å². The number of amides is 1. The number of aliphatic hydroxyl groups is 1. The van der Waals surface area contributed by atoms with E-state index in [0.717, 1.165) is 5.56 Å². The largest absolute Gasteiger partial charge is 0.384 e. The number of hydrogen-bond acceptors (Lipinski definition) is 3. The number of aliphatic hydroxyl groups excluding tert-OH is 1. The van der Waals surface area contributed by atoms with Crippen molar-refractivity contribution in [2.45, 2.75) is 19.6 Å². The molecule has 0 bridgehead atoms. The SMILES string of the molecule is C[C@H](O)C(=O)NCc1cccnc1. The number of carbonyl (C=O) groups excluding carboxylic acids is 1. The summed E-state index contributed by atoms with van der Waals surface area (Å²) in [5.74, 6) is -0.371. The van der Waals surface area contributed by atoms with Gasteiger partial charge in [0.1, 0.15) is 6.10 Å². The highest BCUT2D eigenvalue weighted by molar-refractivity contribution is 5.79. The van der Waals surface area contributed by atoms with Crippen molar-refractivity contribution < 1.29 is 9.90 Å². The Bertz CT molecular complexity index is 272. The molecule has 1 atom stereocenters. The lowest BCUT2D eigenvalue weighted by molar-refractivity contribution is -0.128. The van der Waals surface area contributed by atoms with Crippen LogP contribution in [0.1, 0.15) is 12.5 Å². The molecule has 1 amide bonds. The smallest absolute Gasteiger partial charge is 0.248 e. The first kappa shape index (κ1) is 9.67. The van der Waals surface area contributed by atoms with E-state index in [9.17, 15) is 4.79 Å². The van der Waals surface area contributed by atoms with Crippen molar-refractivity contribution in [3.05, 3.63) is 30.1 Å². The Balaban J connectivity index is 2.40. The van der Waals surface area contributed by atoms with E-state index >= 15 is 0 Å². The van der Waals surface area contributed by atoms with Crippen molar-refractivity contribution >= 4 is 5.91 Å². The van der Waals surface area contributed by atoms with Gasteiger partial charge in [0.05, 0.1) is 0 Å². The highest BCUT2D eigenvalue weighted by atomic mass is 16.3. The zero-order valence-electron chi connectivity index (χ0n) is 7.40. The number of carbonyl (C=O) groups is 1. The molecule has 0 unspecified atom stereocenters. The minimum atomic E-state index is -0.961. The van der Waals surface area contributed by atoms with E-state index < -0.39 is 6.10 Å². The molecule has 0 spiro atoms. The number of rotatable bonds is 3. The topological polar surface area (TPSA) is 62.2 Å². The molecule has 4 heteroatoms.